The molecule has 1 aromatic heterocycles. The molecule has 1 fully saturated rings. The molecule has 0 aromatic carbocycles. The number of unbranched alkanes of at least 4 members (excludes halogenated alkanes) is 12. The van der Waals surface area contributed by atoms with E-state index in [2.05, 4.69) is 11.9 Å². The number of aliphatic hydroxyl groups is 3. The number of carbonyl (C=O) groups is 2. The molecule has 1 amide bonds. The van der Waals surface area contributed by atoms with Gasteiger partial charge in [-0.05, 0) is 13.0 Å². The lowest BCUT2D eigenvalue weighted by Gasteiger charge is -2.35. The second-order valence-electron chi connectivity index (χ2n) is 11.7. The van der Waals surface area contributed by atoms with Crippen LogP contribution >= 0.6 is 0 Å². The van der Waals surface area contributed by atoms with Gasteiger partial charge in [0.2, 0.25) is 5.91 Å². The molecule has 13 nitrogen and oxygen atoms in total. The van der Waals surface area contributed by atoms with Gasteiger partial charge in [-0.15, -0.1) is 0 Å². The van der Waals surface area contributed by atoms with Crippen LogP contribution in [-0.2, 0) is 19.1 Å². The number of aromatic amines is 1. The first-order valence-electron chi connectivity index (χ1n) is 16.3. The van der Waals surface area contributed by atoms with Gasteiger partial charge in [0, 0.05) is 31.5 Å². The van der Waals surface area contributed by atoms with Crippen LogP contribution in [0.1, 0.15) is 116 Å². The number of nitrogens with one attached hydrogen (secondary N) is 1. The fourth-order valence-electron chi connectivity index (χ4n) is 5.72. The number of carbonyl (C=O) groups excluding carboxylic acids is 2. The van der Waals surface area contributed by atoms with Crippen molar-refractivity contribution in [2.75, 3.05) is 13.7 Å². The summed E-state index contributed by atoms with van der Waals surface area (Å²) in [5, 5.41) is 32.2. The Morgan fingerprint density at radius 2 is 1.57 bits per heavy atom. The Labute approximate surface area is 259 Å². The van der Waals surface area contributed by atoms with Gasteiger partial charge in [0.1, 0.15) is 24.5 Å². The van der Waals surface area contributed by atoms with Gasteiger partial charge in [-0.25, -0.2) is 9.59 Å². The number of ether oxygens (including phenoxy) is 2. The zero-order valence-electron chi connectivity index (χ0n) is 26.4. The van der Waals surface area contributed by atoms with E-state index in [1.54, 1.807) is 0 Å². The Hall–Kier alpha value is -2.58. The van der Waals surface area contributed by atoms with E-state index in [9.17, 15) is 34.5 Å². The van der Waals surface area contributed by atoms with E-state index in [4.69, 9.17) is 15.2 Å². The number of methoxy groups -OCH3 is 1. The van der Waals surface area contributed by atoms with E-state index < -0.39 is 59.9 Å². The summed E-state index contributed by atoms with van der Waals surface area (Å²) in [7, 11) is 1.14. The van der Waals surface area contributed by atoms with E-state index in [-0.39, 0.29) is 25.8 Å². The summed E-state index contributed by atoms with van der Waals surface area (Å²) in [5.74, 6) is -1.31. The molecule has 0 aliphatic carbocycles. The summed E-state index contributed by atoms with van der Waals surface area (Å²) in [4.78, 5) is 53.1. The molecule has 1 aromatic rings. The average Bonchev–Trinajstić information content (AvgIpc) is 3.27. The highest BCUT2D eigenvalue weighted by Crippen LogP contribution is 2.32. The second kappa shape index (κ2) is 20.5. The van der Waals surface area contributed by atoms with Gasteiger partial charge in [0.25, 0.3) is 5.56 Å². The third kappa shape index (κ3) is 11.7. The standard InChI is InChI=1S/C31H54N4O9/c1-3-4-5-6-7-8-9-10-11-12-13-14-15-16-25(37)35(26(38)17-19-32)22(30(41)43-2)21-23-27(39)28(40)29(44-23)34-20-18-24(36)33-31(34)42/h18,20,22-23,26-29,38-40H,3-17,19,21,32H2,1-2H3,(H,33,36,42). The molecule has 0 saturated carbocycles. The highest BCUT2D eigenvalue weighted by molar-refractivity contribution is 5.84. The first kappa shape index (κ1) is 37.6. The van der Waals surface area contributed by atoms with Crippen LogP contribution in [0.25, 0.3) is 0 Å². The lowest BCUT2D eigenvalue weighted by atomic mass is 10.00. The maximum atomic E-state index is 13.4. The maximum Gasteiger partial charge on any atom is 0.330 e. The van der Waals surface area contributed by atoms with Crippen molar-refractivity contribution in [2.45, 2.75) is 146 Å². The van der Waals surface area contributed by atoms with E-state index in [1.165, 1.54) is 51.4 Å². The smallest absolute Gasteiger partial charge is 0.330 e. The summed E-state index contributed by atoms with van der Waals surface area (Å²) in [5.41, 5.74) is 4.14. The molecule has 6 atom stereocenters. The van der Waals surface area contributed by atoms with E-state index in [1.807, 2.05) is 0 Å². The number of hydrogen-bond donors (Lipinski definition) is 5. The largest absolute Gasteiger partial charge is 0.467 e. The molecular weight excluding hydrogens is 572 g/mol. The summed E-state index contributed by atoms with van der Waals surface area (Å²) in [6, 6.07) is -0.289. The SMILES string of the molecule is CCCCCCCCCCCCCCCC(=O)N(C(O)CCN)C(CC1OC(n2ccc(=O)[nH]c2=O)C(O)C1O)C(=O)OC. The monoisotopic (exact) mass is 626 g/mol. The molecule has 44 heavy (non-hydrogen) atoms. The number of nitrogens with zero attached hydrogens (tertiary/aromatic N) is 2. The quantitative estimate of drug-likeness (QED) is 0.0721. The topological polar surface area (TPSA) is 197 Å². The predicted molar refractivity (Wildman–Crippen MR) is 165 cm³/mol. The minimum Gasteiger partial charge on any atom is -0.467 e. The van der Waals surface area contributed by atoms with E-state index in [0.717, 1.165) is 54.5 Å². The Morgan fingerprint density at radius 1 is 1.00 bits per heavy atom. The number of amides is 1. The predicted octanol–water partition coefficient (Wildman–Crippen LogP) is 2.06. The fourth-order valence-corrected chi connectivity index (χ4v) is 5.72. The van der Waals surface area contributed by atoms with Crippen LogP contribution in [0.2, 0.25) is 0 Å². The summed E-state index contributed by atoms with van der Waals surface area (Å²) < 4.78 is 11.6. The van der Waals surface area contributed by atoms with Crippen molar-refractivity contribution in [2.24, 2.45) is 5.73 Å². The van der Waals surface area contributed by atoms with E-state index >= 15 is 0 Å². The molecule has 1 saturated heterocycles. The Morgan fingerprint density at radius 3 is 2.09 bits per heavy atom. The van der Waals surface area contributed by atoms with Gasteiger partial charge in [-0.2, -0.15) is 0 Å². The molecule has 1 aliphatic rings. The van der Waals surface area contributed by atoms with Crippen molar-refractivity contribution in [1.82, 2.24) is 14.5 Å². The van der Waals surface area contributed by atoms with Crippen molar-refractivity contribution in [3.05, 3.63) is 33.1 Å². The molecule has 0 spiro atoms. The number of hydrogen-bond acceptors (Lipinski definition) is 10. The summed E-state index contributed by atoms with van der Waals surface area (Å²) in [6.07, 6.45) is 8.77. The van der Waals surface area contributed by atoms with Crippen LogP contribution in [0.3, 0.4) is 0 Å². The molecule has 6 unspecified atom stereocenters. The van der Waals surface area contributed by atoms with Gasteiger partial charge < -0.3 is 35.4 Å². The van der Waals surface area contributed by atoms with Crippen LogP contribution in [0.4, 0.5) is 0 Å². The lowest BCUT2D eigenvalue weighted by Crippen LogP contribution is -2.53. The minimum absolute atomic E-state index is 0.00391. The number of H-pyrrole nitrogens is 1. The highest BCUT2D eigenvalue weighted by atomic mass is 16.6. The zero-order valence-corrected chi connectivity index (χ0v) is 26.4. The number of aliphatic hydroxyl groups excluding tert-OH is 3. The molecule has 0 radical (unpaired) electrons. The first-order valence-corrected chi connectivity index (χ1v) is 16.3. The number of aromatic nitrogens is 2. The minimum atomic E-state index is -1.58. The van der Waals surface area contributed by atoms with Crippen molar-refractivity contribution in [3.8, 4) is 0 Å². The lowest BCUT2D eigenvalue weighted by molar-refractivity contribution is -0.166. The van der Waals surface area contributed by atoms with Gasteiger partial charge in [0.15, 0.2) is 6.23 Å². The molecule has 1 aliphatic heterocycles. The van der Waals surface area contributed by atoms with Gasteiger partial charge in [0.05, 0.1) is 13.2 Å². The van der Waals surface area contributed by atoms with Crippen LogP contribution in [0, 0.1) is 0 Å². The molecule has 2 heterocycles. The molecule has 0 bridgehead atoms. The van der Waals surface area contributed by atoms with Gasteiger partial charge in [-0.1, -0.05) is 84.0 Å². The van der Waals surface area contributed by atoms with Gasteiger partial charge in [-0.3, -0.25) is 19.1 Å². The van der Waals surface area contributed by atoms with Crippen molar-refractivity contribution in [1.29, 1.82) is 0 Å². The first-order chi connectivity index (χ1) is 21.2. The fraction of sp³-hybridized carbons (Fsp3) is 0.806. The molecule has 252 valence electrons. The number of rotatable bonds is 22. The van der Waals surface area contributed by atoms with Crippen molar-refractivity contribution in [3.63, 3.8) is 0 Å². The maximum absolute atomic E-state index is 13.4. The molecule has 6 N–H and O–H groups in total. The third-order valence-corrected chi connectivity index (χ3v) is 8.26. The van der Waals surface area contributed by atoms with Crippen molar-refractivity contribution >= 4 is 11.9 Å². The van der Waals surface area contributed by atoms with Crippen LogP contribution < -0.4 is 17.0 Å². The second-order valence-corrected chi connectivity index (χ2v) is 11.7. The highest BCUT2D eigenvalue weighted by Gasteiger charge is 2.47. The summed E-state index contributed by atoms with van der Waals surface area (Å²) in [6.45, 7) is 2.28. The van der Waals surface area contributed by atoms with E-state index in [0.29, 0.717) is 6.42 Å². The Kier molecular flexibility index (Phi) is 17.5. The Bertz CT molecular complexity index is 1090. The summed E-state index contributed by atoms with van der Waals surface area (Å²) >= 11 is 0. The third-order valence-electron chi connectivity index (χ3n) is 8.26. The van der Waals surface area contributed by atoms with Gasteiger partial charge >= 0.3 is 11.7 Å². The van der Waals surface area contributed by atoms with Crippen LogP contribution in [0.5, 0.6) is 0 Å². The molecule has 2 rings (SSSR count). The van der Waals surface area contributed by atoms with Crippen LogP contribution in [0.15, 0.2) is 21.9 Å². The zero-order chi connectivity index (χ0) is 32.5. The average molecular weight is 627 g/mol. The molecule has 13 heteroatoms. The van der Waals surface area contributed by atoms with Crippen LogP contribution in [-0.4, -0.2) is 85.9 Å². The van der Waals surface area contributed by atoms with Crippen molar-refractivity contribution < 1.29 is 34.4 Å². The molecular formula is C31H54N4O9. The normalized spacial score (nSPS) is 21.2. The Balaban J connectivity index is 1.96. The number of esters is 1. The number of nitrogens with two attached hydrogens (primary N) is 1.